The number of ether oxygens (including phenoxy) is 1. The Bertz CT molecular complexity index is 1100. The monoisotopic (exact) mass is 361 g/mol. The molecule has 0 aliphatic rings. The number of nitrogens with one attached hydrogen (secondary N) is 1. The maximum Gasteiger partial charge on any atom is 0.276 e. The summed E-state index contributed by atoms with van der Waals surface area (Å²) in [5.74, 6) is 0.876. The number of imidazole rings is 1. The van der Waals surface area contributed by atoms with Crippen LogP contribution in [0.4, 0.5) is 0 Å². The van der Waals surface area contributed by atoms with Crippen LogP contribution in [-0.2, 0) is 13.6 Å². The van der Waals surface area contributed by atoms with Crippen molar-refractivity contribution >= 4 is 16.9 Å². The third-order valence-corrected chi connectivity index (χ3v) is 4.42. The van der Waals surface area contributed by atoms with Gasteiger partial charge in [0.2, 0.25) is 0 Å². The lowest BCUT2D eigenvalue weighted by atomic mass is 10.3. The lowest BCUT2D eigenvalue weighted by Gasteiger charge is -2.05. The number of para-hydroxylation sites is 3. The zero-order chi connectivity index (χ0) is 18.8. The summed E-state index contributed by atoms with van der Waals surface area (Å²) in [5, 5.41) is 7.26. The average Bonchev–Trinajstić information content (AvgIpc) is 3.29. The Hall–Kier alpha value is -3.61. The largest absolute Gasteiger partial charge is 0.493 e. The van der Waals surface area contributed by atoms with Gasteiger partial charge in [0.25, 0.3) is 5.91 Å². The zero-order valence-corrected chi connectivity index (χ0v) is 15.1. The Morgan fingerprint density at radius 1 is 1.11 bits per heavy atom. The van der Waals surface area contributed by atoms with E-state index < -0.39 is 0 Å². The summed E-state index contributed by atoms with van der Waals surface area (Å²) in [4.78, 5) is 17.2. The summed E-state index contributed by atoms with van der Waals surface area (Å²) < 4.78 is 8.92. The van der Waals surface area contributed by atoms with E-state index in [0.717, 1.165) is 22.5 Å². The smallest absolute Gasteiger partial charge is 0.276 e. The van der Waals surface area contributed by atoms with Crippen LogP contribution < -0.4 is 10.1 Å². The number of aryl methyl sites for hydroxylation is 1. The molecule has 4 rings (SSSR count). The number of nitrogens with zero attached hydrogens (tertiary/aromatic N) is 4. The highest BCUT2D eigenvalue weighted by atomic mass is 16.5. The molecule has 0 saturated heterocycles. The van der Waals surface area contributed by atoms with Crippen molar-refractivity contribution in [2.75, 3.05) is 7.11 Å². The van der Waals surface area contributed by atoms with Crippen molar-refractivity contribution in [3.05, 3.63) is 72.3 Å². The second kappa shape index (κ2) is 6.95. The van der Waals surface area contributed by atoms with Crippen LogP contribution in [0.1, 0.15) is 16.3 Å². The van der Waals surface area contributed by atoms with Gasteiger partial charge in [0.15, 0.2) is 11.4 Å². The quantitative estimate of drug-likeness (QED) is 0.593. The number of methoxy groups -OCH3 is 1. The van der Waals surface area contributed by atoms with E-state index in [1.54, 1.807) is 10.9 Å². The molecule has 4 aromatic rings. The van der Waals surface area contributed by atoms with E-state index in [1.807, 2.05) is 66.2 Å². The van der Waals surface area contributed by atoms with Gasteiger partial charge >= 0.3 is 0 Å². The van der Waals surface area contributed by atoms with Gasteiger partial charge in [0.05, 0.1) is 36.6 Å². The Kier molecular flexibility index (Phi) is 4.33. The molecule has 0 radical (unpaired) electrons. The van der Waals surface area contributed by atoms with E-state index in [0.29, 0.717) is 12.3 Å². The molecule has 1 amide bonds. The van der Waals surface area contributed by atoms with Gasteiger partial charge in [0, 0.05) is 7.05 Å². The van der Waals surface area contributed by atoms with Crippen LogP contribution in [0.25, 0.3) is 16.7 Å². The van der Waals surface area contributed by atoms with Gasteiger partial charge < -0.3 is 14.6 Å². The highest BCUT2D eigenvalue weighted by Gasteiger charge is 2.19. The van der Waals surface area contributed by atoms with Gasteiger partial charge in [-0.3, -0.25) is 4.79 Å². The fraction of sp³-hybridized carbons (Fsp3) is 0.150. The maximum absolute atomic E-state index is 12.7. The number of aromatic nitrogens is 4. The van der Waals surface area contributed by atoms with E-state index in [1.165, 1.54) is 7.11 Å². The number of fused-ring (bicyclic) bond motifs is 1. The average molecular weight is 361 g/mol. The molecular weight excluding hydrogens is 342 g/mol. The third kappa shape index (κ3) is 3.15. The molecule has 2 aromatic carbocycles. The van der Waals surface area contributed by atoms with Crippen molar-refractivity contribution in [1.82, 2.24) is 24.6 Å². The maximum atomic E-state index is 12.7. The Balaban J connectivity index is 1.56. The van der Waals surface area contributed by atoms with Gasteiger partial charge in [-0.15, -0.1) is 0 Å². The van der Waals surface area contributed by atoms with Crippen molar-refractivity contribution in [1.29, 1.82) is 0 Å². The van der Waals surface area contributed by atoms with Gasteiger partial charge in [-0.05, 0) is 24.3 Å². The molecule has 0 bridgehead atoms. The normalized spacial score (nSPS) is 10.9. The highest BCUT2D eigenvalue weighted by molar-refractivity contribution is 5.95. The van der Waals surface area contributed by atoms with Gasteiger partial charge in [-0.1, -0.05) is 30.3 Å². The minimum Gasteiger partial charge on any atom is -0.493 e. The lowest BCUT2D eigenvalue weighted by molar-refractivity contribution is 0.0941. The second-order valence-electron chi connectivity index (χ2n) is 6.08. The number of hydrogen-bond donors (Lipinski definition) is 1. The van der Waals surface area contributed by atoms with Gasteiger partial charge in [0.1, 0.15) is 5.82 Å². The van der Waals surface area contributed by atoms with E-state index in [-0.39, 0.29) is 11.6 Å². The molecule has 136 valence electrons. The van der Waals surface area contributed by atoms with Crippen LogP contribution in [-0.4, -0.2) is 32.3 Å². The molecule has 0 fully saturated rings. The van der Waals surface area contributed by atoms with E-state index in [9.17, 15) is 4.79 Å². The molecule has 0 spiro atoms. The van der Waals surface area contributed by atoms with Crippen molar-refractivity contribution in [3.8, 4) is 11.4 Å². The summed E-state index contributed by atoms with van der Waals surface area (Å²) in [6.07, 6.45) is 1.69. The van der Waals surface area contributed by atoms with Crippen LogP contribution in [0.5, 0.6) is 5.75 Å². The van der Waals surface area contributed by atoms with Crippen LogP contribution in [0.3, 0.4) is 0 Å². The Labute approximate surface area is 156 Å². The first-order valence-electron chi connectivity index (χ1n) is 8.55. The Morgan fingerprint density at radius 3 is 2.59 bits per heavy atom. The molecule has 7 heteroatoms. The first kappa shape index (κ1) is 16.8. The van der Waals surface area contributed by atoms with Crippen LogP contribution in [0.15, 0.2) is 60.8 Å². The Morgan fingerprint density at radius 2 is 1.85 bits per heavy atom. The van der Waals surface area contributed by atoms with Crippen LogP contribution >= 0.6 is 0 Å². The molecule has 0 saturated carbocycles. The van der Waals surface area contributed by atoms with Crippen molar-refractivity contribution in [2.24, 2.45) is 7.05 Å². The first-order chi connectivity index (χ1) is 13.2. The fourth-order valence-electron chi connectivity index (χ4n) is 2.97. The fourth-order valence-corrected chi connectivity index (χ4v) is 2.97. The van der Waals surface area contributed by atoms with Crippen LogP contribution in [0, 0.1) is 0 Å². The van der Waals surface area contributed by atoms with Crippen molar-refractivity contribution in [2.45, 2.75) is 6.54 Å². The highest BCUT2D eigenvalue weighted by Crippen LogP contribution is 2.20. The molecule has 1 N–H and O–H groups in total. The summed E-state index contributed by atoms with van der Waals surface area (Å²) in [6, 6.07) is 17.4. The molecule has 0 aliphatic carbocycles. The van der Waals surface area contributed by atoms with E-state index >= 15 is 0 Å². The molecular formula is C20H19N5O2. The number of carbonyl (C=O) groups excluding carboxylic acids is 1. The first-order valence-corrected chi connectivity index (χ1v) is 8.55. The van der Waals surface area contributed by atoms with Crippen molar-refractivity contribution in [3.63, 3.8) is 0 Å². The third-order valence-electron chi connectivity index (χ3n) is 4.42. The SMILES string of the molecule is COc1cn(-c2ccccc2)nc1C(=O)NCc1nc2ccccc2n1C. The number of rotatable bonds is 5. The number of amides is 1. The summed E-state index contributed by atoms with van der Waals surface area (Å²) in [7, 11) is 3.45. The molecule has 0 aliphatic heterocycles. The molecule has 27 heavy (non-hydrogen) atoms. The molecule has 0 unspecified atom stereocenters. The predicted molar refractivity (Wildman–Crippen MR) is 102 cm³/mol. The standard InChI is InChI=1S/C20H19N5O2/c1-24-16-11-7-6-10-15(16)22-18(24)12-21-20(26)19-17(27-2)13-25(23-19)14-8-4-3-5-9-14/h3-11,13H,12H2,1-2H3,(H,21,26). The molecule has 7 nitrogen and oxygen atoms in total. The van der Waals surface area contributed by atoms with E-state index in [4.69, 9.17) is 4.74 Å². The summed E-state index contributed by atoms with van der Waals surface area (Å²) in [6.45, 7) is 0.297. The van der Waals surface area contributed by atoms with Crippen LogP contribution in [0.2, 0.25) is 0 Å². The summed E-state index contributed by atoms with van der Waals surface area (Å²) in [5.41, 5.74) is 3.01. The number of benzene rings is 2. The van der Waals surface area contributed by atoms with Gasteiger partial charge in [-0.2, -0.15) is 5.10 Å². The topological polar surface area (TPSA) is 74.0 Å². The minimum atomic E-state index is -0.311. The number of hydrogen-bond acceptors (Lipinski definition) is 4. The zero-order valence-electron chi connectivity index (χ0n) is 15.1. The molecule has 2 heterocycles. The second-order valence-corrected chi connectivity index (χ2v) is 6.08. The number of carbonyl (C=O) groups is 1. The minimum absolute atomic E-state index is 0.236. The summed E-state index contributed by atoms with van der Waals surface area (Å²) >= 11 is 0. The molecule has 0 atom stereocenters. The van der Waals surface area contributed by atoms with E-state index in [2.05, 4.69) is 15.4 Å². The lowest BCUT2D eigenvalue weighted by Crippen LogP contribution is -2.25. The molecule has 2 aromatic heterocycles. The predicted octanol–water partition coefficient (Wildman–Crippen LogP) is 2.70. The van der Waals surface area contributed by atoms with Crippen molar-refractivity contribution < 1.29 is 9.53 Å². The van der Waals surface area contributed by atoms with Gasteiger partial charge in [-0.25, -0.2) is 9.67 Å².